The average Bonchev–Trinajstić information content (AvgIpc) is 3.10. The molecule has 0 radical (unpaired) electrons. The summed E-state index contributed by atoms with van der Waals surface area (Å²) in [6, 6.07) is 18.5. The van der Waals surface area contributed by atoms with Gasteiger partial charge in [-0.05, 0) is 35.8 Å². The van der Waals surface area contributed by atoms with E-state index in [0.29, 0.717) is 5.57 Å². The molecule has 0 saturated carbocycles. The van der Waals surface area contributed by atoms with Gasteiger partial charge in [-0.2, -0.15) is 5.26 Å². The van der Waals surface area contributed by atoms with Crippen LogP contribution < -0.4 is 0 Å². The van der Waals surface area contributed by atoms with Crippen molar-refractivity contribution in [2.45, 2.75) is 13.3 Å². The fraction of sp³-hybridized carbons (Fsp3) is 0.100. The molecule has 0 spiro atoms. The summed E-state index contributed by atoms with van der Waals surface area (Å²) < 4.78 is 1.02. The van der Waals surface area contributed by atoms with E-state index in [1.54, 1.807) is 0 Å². The van der Waals surface area contributed by atoms with Crippen molar-refractivity contribution in [2.24, 2.45) is 0 Å². The average molecular weight is 395 g/mol. The molecule has 0 aliphatic rings. The number of benzene rings is 2. The fourth-order valence-electron chi connectivity index (χ4n) is 2.34. The van der Waals surface area contributed by atoms with Crippen LogP contribution in [0.3, 0.4) is 0 Å². The molecule has 1 heterocycles. The Bertz CT molecular complexity index is 917. The first-order chi connectivity index (χ1) is 11.7. The molecule has 0 fully saturated rings. The maximum Gasteiger partial charge on any atom is 0.134 e. The number of halogens is 1. The summed E-state index contributed by atoms with van der Waals surface area (Å²) in [5.74, 6) is 0. The van der Waals surface area contributed by atoms with Gasteiger partial charge in [0.2, 0.25) is 0 Å². The van der Waals surface area contributed by atoms with Gasteiger partial charge in [-0.25, -0.2) is 4.98 Å². The molecule has 4 heteroatoms. The number of allylic oxidation sites excluding steroid dienone is 1. The van der Waals surface area contributed by atoms with Crippen molar-refractivity contribution in [3.05, 3.63) is 74.5 Å². The van der Waals surface area contributed by atoms with Crippen LogP contribution in [-0.4, -0.2) is 4.98 Å². The minimum atomic E-state index is 0.588. The molecule has 0 aliphatic carbocycles. The molecule has 0 saturated heterocycles. The SMILES string of the molecule is CCc1ccc(/C=C(\C#N)c2nc(-c3cccc(Br)c3)cs2)cc1. The summed E-state index contributed by atoms with van der Waals surface area (Å²) in [6.07, 6.45) is 2.90. The molecule has 0 amide bonds. The predicted octanol–water partition coefficient (Wildman–Crippen LogP) is 6.20. The first-order valence-electron chi connectivity index (χ1n) is 7.62. The van der Waals surface area contributed by atoms with E-state index in [1.165, 1.54) is 16.9 Å². The lowest BCUT2D eigenvalue weighted by atomic mass is 10.1. The molecule has 0 unspecified atom stereocenters. The molecule has 24 heavy (non-hydrogen) atoms. The summed E-state index contributed by atoms with van der Waals surface area (Å²) in [6.45, 7) is 2.13. The van der Waals surface area contributed by atoms with E-state index in [1.807, 2.05) is 47.9 Å². The van der Waals surface area contributed by atoms with Crippen molar-refractivity contribution in [3.8, 4) is 17.3 Å². The largest absolute Gasteiger partial charge is 0.235 e. The van der Waals surface area contributed by atoms with Crippen LogP contribution in [0.1, 0.15) is 23.1 Å². The van der Waals surface area contributed by atoms with Gasteiger partial charge in [0, 0.05) is 15.4 Å². The molecule has 1 aromatic heterocycles. The van der Waals surface area contributed by atoms with E-state index < -0.39 is 0 Å². The third kappa shape index (κ3) is 3.81. The molecule has 0 bridgehead atoms. The topological polar surface area (TPSA) is 36.7 Å². The summed E-state index contributed by atoms with van der Waals surface area (Å²) in [7, 11) is 0. The number of nitriles is 1. The molecule has 0 N–H and O–H groups in total. The molecular formula is C20H15BrN2S. The van der Waals surface area contributed by atoms with E-state index in [4.69, 9.17) is 0 Å². The van der Waals surface area contributed by atoms with Crippen LogP contribution in [0.25, 0.3) is 22.9 Å². The minimum Gasteiger partial charge on any atom is -0.235 e. The summed E-state index contributed by atoms with van der Waals surface area (Å²) in [5.41, 5.74) is 4.82. The fourth-order valence-corrected chi connectivity index (χ4v) is 3.53. The maximum atomic E-state index is 9.51. The number of thiazole rings is 1. The Morgan fingerprint density at radius 2 is 2.04 bits per heavy atom. The molecule has 2 nitrogen and oxygen atoms in total. The predicted molar refractivity (Wildman–Crippen MR) is 105 cm³/mol. The summed E-state index contributed by atoms with van der Waals surface area (Å²) in [5, 5.41) is 12.2. The minimum absolute atomic E-state index is 0.588. The Morgan fingerprint density at radius 1 is 1.25 bits per heavy atom. The lowest BCUT2D eigenvalue weighted by molar-refractivity contribution is 1.14. The second-order valence-electron chi connectivity index (χ2n) is 5.31. The summed E-state index contributed by atoms with van der Waals surface area (Å²) in [4.78, 5) is 4.63. The number of nitrogens with zero attached hydrogens (tertiary/aromatic N) is 2. The Morgan fingerprint density at radius 3 is 2.71 bits per heavy atom. The van der Waals surface area contributed by atoms with Gasteiger partial charge < -0.3 is 0 Å². The van der Waals surface area contributed by atoms with Gasteiger partial charge in [0.15, 0.2) is 0 Å². The van der Waals surface area contributed by atoms with Crippen LogP contribution in [0, 0.1) is 11.3 Å². The standard InChI is InChI=1S/C20H15BrN2S/c1-2-14-6-8-15(9-7-14)10-17(12-22)20-23-19(13-24-20)16-4-3-5-18(21)11-16/h3-11,13H,2H2,1H3/b17-10+. The van der Waals surface area contributed by atoms with Crippen molar-refractivity contribution >= 4 is 38.9 Å². The Kier molecular flexibility index (Phi) is 5.24. The highest BCUT2D eigenvalue weighted by molar-refractivity contribution is 9.10. The van der Waals surface area contributed by atoms with E-state index >= 15 is 0 Å². The zero-order valence-corrected chi connectivity index (χ0v) is 15.6. The highest BCUT2D eigenvalue weighted by Gasteiger charge is 2.09. The Hall–Kier alpha value is -2.22. The highest BCUT2D eigenvalue weighted by Crippen LogP contribution is 2.28. The second kappa shape index (κ2) is 7.57. The number of hydrogen-bond acceptors (Lipinski definition) is 3. The van der Waals surface area contributed by atoms with Crippen molar-refractivity contribution in [1.29, 1.82) is 5.26 Å². The molecular weight excluding hydrogens is 380 g/mol. The highest BCUT2D eigenvalue weighted by atomic mass is 79.9. The molecule has 2 aromatic carbocycles. The Balaban J connectivity index is 1.91. The van der Waals surface area contributed by atoms with Crippen molar-refractivity contribution < 1.29 is 0 Å². The van der Waals surface area contributed by atoms with Gasteiger partial charge in [0.25, 0.3) is 0 Å². The molecule has 3 rings (SSSR count). The van der Waals surface area contributed by atoms with Gasteiger partial charge in [-0.15, -0.1) is 11.3 Å². The summed E-state index contributed by atoms with van der Waals surface area (Å²) >= 11 is 4.97. The third-order valence-electron chi connectivity index (χ3n) is 3.67. The van der Waals surface area contributed by atoms with Crippen LogP contribution in [0.5, 0.6) is 0 Å². The van der Waals surface area contributed by atoms with Gasteiger partial charge >= 0.3 is 0 Å². The number of aromatic nitrogens is 1. The first kappa shape index (κ1) is 16.6. The van der Waals surface area contributed by atoms with E-state index in [9.17, 15) is 5.26 Å². The lowest BCUT2D eigenvalue weighted by Crippen LogP contribution is -1.84. The van der Waals surface area contributed by atoms with Crippen molar-refractivity contribution in [3.63, 3.8) is 0 Å². The lowest BCUT2D eigenvalue weighted by Gasteiger charge is -1.99. The second-order valence-corrected chi connectivity index (χ2v) is 7.09. The maximum absolute atomic E-state index is 9.51. The van der Waals surface area contributed by atoms with Crippen LogP contribution in [-0.2, 0) is 6.42 Å². The number of hydrogen-bond donors (Lipinski definition) is 0. The number of aryl methyl sites for hydroxylation is 1. The zero-order valence-electron chi connectivity index (χ0n) is 13.2. The van der Waals surface area contributed by atoms with Gasteiger partial charge in [-0.3, -0.25) is 0 Å². The van der Waals surface area contributed by atoms with E-state index in [2.05, 4.69) is 46.0 Å². The van der Waals surface area contributed by atoms with E-state index in [0.717, 1.165) is 32.7 Å². The van der Waals surface area contributed by atoms with E-state index in [-0.39, 0.29) is 0 Å². The van der Waals surface area contributed by atoms with Crippen LogP contribution >= 0.6 is 27.3 Å². The quantitative estimate of drug-likeness (QED) is 0.493. The molecule has 0 aliphatic heterocycles. The zero-order chi connectivity index (χ0) is 16.9. The van der Waals surface area contributed by atoms with Crippen LogP contribution in [0.15, 0.2) is 58.4 Å². The Labute approximate surface area is 154 Å². The van der Waals surface area contributed by atoms with Crippen LogP contribution in [0.4, 0.5) is 0 Å². The van der Waals surface area contributed by atoms with Crippen molar-refractivity contribution in [1.82, 2.24) is 4.98 Å². The molecule has 118 valence electrons. The normalized spacial score (nSPS) is 11.3. The smallest absolute Gasteiger partial charge is 0.134 e. The molecule has 0 atom stereocenters. The van der Waals surface area contributed by atoms with Crippen LogP contribution in [0.2, 0.25) is 0 Å². The van der Waals surface area contributed by atoms with Crippen molar-refractivity contribution in [2.75, 3.05) is 0 Å². The molecule has 3 aromatic rings. The monoisotopic (exact) mass is 394 g/mol. The van der Waals surface area contributed by atoms with Gasteiger partial charge in [0.05, 0.1) is 11.3 Å². The number of rotatable bonds is 4. The third-order valence-corrected chi connectivity index (χ3v) is 5.04. The van der Waals surface area contributed by atoms with Gasteiger partial charge in [-0.1, -0.05) is 59.3 Å². The first-order valence-corrected chi connectivity index (χ1v) is 9.29. The van der Waals surface area contributed by atoms with Gasteiger partial charge in [0.1, 0.15) is 11.1 Å².